The Hall–Kier alpha value is -1.60. The van der Waals surface area contributed by atoms with Crippen molar-refractivity contribution in [2.24, 2.45) is 5.92 Å². The molecule has 5 heteroatoms. The Kier molecular flexibility index (Phi) is 6.62. The van der Waals surface area contributed by atoms with Gasteiger partial charge in [0.2, 0.25) is 5.79 Å². The van der Waals surface area contributed by atoms with Crippen LogP contribution < -0.4 is 5.32 Å². The number of aliphatic hydroxyl groups is 1. The van der Waals surface area contributed by atoms with E-state index in [0.29, 0.717) is 18.5 Å². The van der Waals surface area contributed by atoms with Gasteiger partial charge in [0.15, 0.2) is 0 Å². The highest BCUT2D eigenvalue weighted by Crippen LogP contribution is 2.33. The molecule has 0 fully saturated rings. The maximum Gasteiger partial charge on any atom is 0.410 e. The lowest BCUT2D eigenvalue weighted by atomic mass is 9.96. The summed E-state index contributed by atoms with van der Waals surface area (Å²) in [6, 6.07) is 16.9. The molecule has 0 aromatic heterocycles. The SMILES string of the molecule is CC(C)C[C@](O)(OC(=O)NCc1ccccc1)c1ccccc1I. The van der Waals surface area contributed by atoms with Crippen LogP contribution in [-0.4, -0.2) is 11.2 Å². The molecule has 0 aliphatic rings. The standard InChI is InChI=1S/C19H22INO3/c1-14(2)12-19(23,16-10-6-7-11-17(16)20)24-18(22)21-13-15-8-4-3-5-9-15/h3-11,14,23H,12-13H2,1-2H3,(H,21,22)/t19-/m0/s1. The van der Waals surface area contributed by atoms with Crippen molar-refractivity contribution < 1.29 is 14.6 Å². The molecule has 0 heterocycles. The van der Waals surface area contributed by atoms with Crippen LogP contribution in [0.1, 0.15) is 31.4 Å². The molecule has 1 amide bonds. The summed E-state index contributed by atoms with van der Waals surface area (Å²) < 4.78 is 6.29. The quantitative estimate of drug-likeness (QED) is 0.518. The van der Waals surface area contributed by atoms with E-state index in [9.17, 15) is 9.90 Å². The minimum atomic E-state index is -1.65. The average molecular weight is 439 g/mol. The van der Waals surface area contributed by atoms with E-state index in [1.165, 1.54) is 0 Å². The van der Waals surface area contributed by atoms with Crippen LogP contribution in [0.15, 0.2) is 54.6 Å². The first-order chi connectivity index (χ1) is 11.4. The molecular weight excluding hydrogens is 417 g/mol. The Balaban J connectivity index is 2.11. The van der Waals surface area contributed by atoms with Gasteiger partial charge < -0.3 is 15.2 Å². The van der Waals surface area contributed by atoms with Crippen LogP contribution >= 0.6 is 22.6 Å². The molecule has 0 spiro atoms. The largest absolute Gasteiger partial charge is 0.413 e. The van der Waals surface area contributed by atoms with Gasteiger partial charge in [-0.2, -0.15) is 0 Å². The summed E-state index contributed by atoms with van der Waals surface area (Å²) in [6.45, 7) is 4.31. The summed E-state index contributed by atoms with van der Waals surface area (Å²) in [7, 11) is 0. The van der Waals surface area contributed by atoms with Gasteiger partial charge in [-0.3, -0.25) is 0 Å². The van der Waals surface area contributed by atoms with Gasteiger partial charge >= 0.3 is 6.09 Å². The molecule has 0 aliphatic heterocycles. The van der Waals surface area contributed by atoms with Crippen molar-refractivity contribution in [2.75, 3.05) is 0 Å². The van der Waals surface area contributed by atoms with Crippen LogP contribution in [0.3, 0.4) is 0 Å². The first kappa shape index (κ1) is 18.7. The van der Waals surface area contributed by atoms with Crippen LogP contribution in [0, 0.1) is 9.49 Å². The summed E-state index contributed by atoms with van der Waals surface area (Å²) in [5.74, 6) is -1.49. The van der Waals surface area contributed by atoms with Crippen LogP contribution in [0.25, 0.3) is 0 Å². The fraction of sp³-hybridized carbons (Fsp3) is 0.316. The zero-order valence-corrected chi connectivity index (χ0v) is 16.0. The fourth-order valence-electron chi connectivity index (χ4n) is 2.50. The first-order valence-electron chi connectivity index (χ1n) is 7.89. The van der Waals surface area contributed by atoms with E-state index in [4.69, 9.17) is 4.74 Å². The van der Waals surface area contributed by atoms with Gasteiger partial charge in [-0.15, -0.1) is 0 Å². The van der Waals surface area contributed by atoms with E-state index in [1.54, 1.807) is 6.07 Å². The molecule has 2 aromatic carbocycles. The van der Waals surface area contributed by atoms with Crippen molar-refractivity contribution in [2.45, 2.75) is 32.6 Å². The highest BCUT2D eigenvalue weighted by molar-refractivity contribution is 14.1. The Morgan fingerprint density at radius 2 is 1.79 bits per heavy atom. The normalized spacial score (nSPS) is 13.4. The average Bonchev–Trinajstić information content (AvgIpc) is 2.53. The van der Waals surface area contributed by atoms with E-state index < -0.39 is 11.9 Å². The van der Waals surface area contributed by atoms with E-state index in [-0.39, 0.29) is 5.92 Å². The van der Waals surface area contributed by atoms with Gasteiger partial charge in [0.05, 0.1) is 0 Å². The van der Waals surface area contributed by atoms with Gasteiger partial charge in [-0.05, 0) is 40.1 Å². The summed E-state index contributed by atoms with van der Waals surface area (Å²) in [4.78, 5) is 12.2. The molecule has 0 saturated carbocycles. The molecule has 0 radical (unpaired) electrons. The van der Waals surface area contributed by atoms with Crippen molar-refractivity contribution in [3.8, 4) is 0 Å². The summed E-state index contributed by atoms with van der Waals surface area (Å²) in [5.41, 5.74) is 1.57. The third-order valence-electron chi connectivity index (χ3n) is 3.52. The van der Waals surface area contributed by atoms with Gasteiger partial charge in [-0.25, -0.2) is 4.79 Å². The van der Waals surface area contributed by atoms with E-state index >= 15 is 0 Å². The van der Waals surface area contributed by atoms with Gasteiger partial charge in [-0.1, -0.05) is 62.4 Å². The Labute approximate surface area is 156 Å². The number of rotatable bonds is 6. The second-order valence-corrected chi connectivity index (χ2v) is 7.25. The van der Waals surface area contributed by atoms with Crippen LogP contribution in [0.5, 0.6) is 0 Å². The van der Waals surface area contributed by atoms with Crippen molar-refractivity contribution in [3.05, 3.63) is 69.3 Å². The van der Waals surface area contributed by atoms with E-state index in [2.05, 4.69) is 27.9 Å². The zero-order valence-electron chi connectivity index (χ0n) is 13.8. The third kappa shape index (κ3) is 5.21. The van der Waals surface area contributed by atoms with Gasteiger partial charge in [0, 0.05) is 22.1 Å². The maximum atomic E-state index is 12.2. The summed E-state index contributed by atoms with van der Waals surface area (Å²) in [6.07, 6.45) is -0.312. The van der Waals surface area contributed by atoms with Crippen LogP contribution in [0.4, 0.5) is 4.79 Å². The second kappa shape index (κ2) is 8.48. The topological polar surface area (TPSA) is 58.6 Å². The lowest BCUT2D eigenvalue weighted by Crippen LogP contribution is -2.38. The number of ether oxygens (including phenoxy) is 1. The molecule has 1 atom stereocenters. The Morgan fingerprint density at radius 1 is 1.17 bits per heavy atom. The molecule has 0 saturated heterocycles. The van der Waals surface area contributed by atoms with Crippen LogP contribution in [0.2, 0.25) is 0 Å². The minimum Gasteiger partial charge on any atom is -0.413 e. The zero-order chi connectivity index (χ0) is 17.6. The number of amides is 1. The smallest absolute Gasteiger partial charge is 0.410 e. The highest BCUT2D eigenvalue weighted by Gasteiger charge is 2.36. The molecular formula is C19H22INO3. The molecule has 2 aromatic rings. The maximum absolute atomic E-state index is 12.2. The number of carbonyl (C=O) groups excluding carboxylic acids is 1. The lowest BCUT2D eigenvalue weighted by molar-refractivity contribution is -0.181. The van der Waals surface area contributed by atoms with E-state index in [0.717, 1.165) is 9.13 Å². The molecule has 24 heavy (non-hydrogen) atoms. The second-order valence-electron chi connectivity index (χ2n) is 6.09. The lowest BCUT2D eigenvalue weighted by Gasteiger charge is -2.30. The fourth-order valence-corrected chi connectivity index (χ4v) is 3.31. The monoisotopic (exact) mass is 439 g/mol. The van der Waals surface area contributed by atoms with Crippen molar-refractivity contribution >= 4 is 28.7 Å². The third-order valence-corrected chi connectivity index (χ3v) is 4.46. The molecule has 0 unspecified atom stereocenters. The minimum absolute atomic E-state index is 0.160. The number of hydrogen-bond donors (Lipinski definition) is 2. The molecule has 0 bridgehead atoms. The molecule has 128 valence electrons. The molecule has 0 aliphatic carbocycles. The number of nitrogens with one attached hydrogen (secondary N) is 1. The summed E-state index contributed by atoms with van der Waals surface area (Å²) in [5, 5.41) is 13.7. The van der Waals surface area contributed by atoms with Crippen molar-refractivity contribution in [3.63, 3.8) is 0 Å². The van der Waals surface area contributed by atoms with Gasteiger partial charge in [0.25, 0.3) is 0 Å². The summed E-state index contributed by atoms with van der Waals surface area (Å²) >= 11 is 2.14. The predicted molar refractivity (Wildman–Crippen MR) is 102 cm³/mol. The van der Waals surface area contributed by atoms with Crippen molar-refractivity contribution in [1.82, 2.24) is 5.32 Å². The van der Waals surface area contributed by atoms with Crippen LogP contribution in [-0.2, 0) is 17.1 Å². The Morgan fingerprint density at radius 3 is 2.42 bits per heavy atom. The van der Waals surface area contributed by atoms with Crippen molar-refractivity contribution in [1.29, 1.82) is 0 Å². The number of benzene rings is 2. The number of halogens is 1. The number of alkyl carbamates (subject to hydrolysis) is 1. The molecule has 4 nitrogen and oxygen atoms in total. The molecule has 2 N–H and O–H groups in total. The van der Waals surface area contributed by atoms with Gasteiger partial charge in [0.1, 0.15) is 0 Å². The predicted octanol–water partition coefficient (Wildman–Crippen LogP) is 4.41. The highest BCUT2D eigenvalue weighted by atomic mass is 127. The molecule has 2 rings (SSSR count). The number of hydrogen-bond acceptors (Lipinski definition) is 3. The Bertz CT molecular complexity index is 675. The number of carbonyl (C=O) groups is 1. The first-order valence-corrected chi connectivity index (χ1v) is 8.97. The van der Waals surface area contributed by atoms with E-state index in [1.807, 2.05) is 62.4 Å².